The van der Waals surface area contributed by atoms with Gasteiger partial charge < -0.3 is 15.4 Å². The monoisotopic (exact) mass is 419 g/mol. The summed E-state index contributed by atoms with van der Waals surface area (Å²) in [4.78, 5) is 18.1. The zero-order chi connectivity index (χ0) is 19.6. The van der Waals surface area contributed by atoms with Crippen LogP contribution in [0.4, 0.5) is 28.9 Å². The van der Waals surface area contributed by atoms with Gasteiger partial charge in [0.25, 0.3) is 5.91 Å². The van der Waals surface area contributed by atoms with Crippen LogP contribution in [0, 0.1) is 0 Å². The third-order valence-corrected chi connectivity index (χ3v) is 4.25. The fraction of sp³-hybridized carbons (Fsp3) is 0.333. The van der Waals surface area contributed by atoms with Crippen molar-refractivity contribution in [3.8, 4) is 5.88 Å². The lowest BCUT2D eigenvalue weighted by Crippen LogP contribution is -2.36. The van der Waals surface area contributed by atoms with Crippen LogP contribution in [0.1, 0.15) is 22.3 Å². The number of pyridine rings is 1. The molecule has 1 aliphatic rings. The van der Waals surface area contributed by atoms with Crippen molar-refractivity contribution in [2.45, 2.75) is 25.2 Å². The van der Waals surface area contributed by atoms with E-state index < -0.39 is 19.0 Å². The first-order valence-corrected chi connectivity index (χ1v) is 8.23. The van der Waals surface area contributed by atoms with E-state index in [0.717, 1.165) is 24.1 Å². The summed E-state index contributed by atoms with van der Waals surface area (Å²) in [6, 6.07) is 7.89. The van der Waals surface area contributed by atoms with Gasteiger partial charge in [-0.25, -0.2) is 13.8 Å². The number of benzene rings is 1. The number of fused-ring (bicyclic) bond motifs is 1. The van der Waals surface area contributed by atoms with Crippen molar-refractivity contribution in [3.63, 3.8) is 0 Å². The first-order chi connectivity index (χ1) is 12.8. The minimum atomic E-state index is -4.27. The second-order valence-corrected chi connectivity index (χ2v) is 6.14. The highest BCUT2D eigenvalue weighted by molar-refractivity contribution is 6.07. The van der Waals surface area contributed by atoms with Crippen molar-refractivity contribution in [3.05, 3.63) is 47.7 Å². The summed E-state index contributed by atoms with van der Waals surface area (Å²) in [7, 11) is 0. The normalized spacial score (nSPS) is 13.7. The van der Waals surface area contributed by atoms with Crippen LogP contribution in [0.15, 0.2) is 36.5 Å². The summed E-state index contributed by atoms with van der Waals surface area (Å²) in [5, 5.41) is 0. The SMILES string of the molecule is Cl.Nc1cccc2c1CCCN2C(=O)c1ccc(OCC(F)(F)C(F)F)nc1. The van der Waals surface area contributed by atoms with Crippen LogP contribution in [-0.4, -0.2) is 36.4 Å². The number of ether oxygens (including phenoxy) is 1. The maximum Gasteiger partial charge on any atom is 0.340 e. The molecule has 0 fully saturated rings. The lowest BCUT2D eigenvalue weighted by atomic mass is 9.99. The van der Waals surface area contributed by atoms with Gasteiger partial charge in [0, 0.05) is 30.2 Å². The Bertz CT molecular complexity index is 834. The molecule has 1 aromatic heterocycles. The molecule has 2 heterocycles. The third-order valence-electron chi connectivity index (χ3n) is 4.25. The highest BCUT2D eigenvalue weighted by atomic mass is 35.5. The van der Waals surface area contributed by atoms with Crippen molar-refractivity contribution in [1.82, 2.24) is 4.98 Å². The Morgan fingerprint density at radius 1 is 1.29 bits per heavy atom. The number of hydrogen-bond acceptors (Lipinski definition) is 4. The van der Waals surface area contributed by atoms with Gasteiger partial charge in [-0.3, -0.25) is 4.79 Å². The highest BCUT2D eigenvalue weighted by Gasteiger charge is 2.41. The zero-order valence-electron chi connectivity index (χ0n) is 14.6. The van der Waals surface area contributed by atoms with Crippen molar-refractivity contribution >= 4 is 29.7 Å². The number of alkyl halides is 4. The summed E-state index contributed by atoms with van der Waals surface area (Å²) in [6.07, 6.45) is -1.14. The number of anilines is 2. The van der Waals surface area contributed by atoms with Crippen molar-refractivity contribution in [2.24, 2.45) is 0 Å². The lowest BCUT2D eigenvalue weighted by molar-refractivity contribution is -0.148. The van der Waals surface area contributed by atoms with Crippen molar-refractivity contribution in [2.75, 3.05) is 23.8 Å². The number of nitrogens with zero attached hydrogens (tertiary/aromatic N) is 2. The lowest BCUT2D eigenvalue weighted by Gasteiger charge is -2.30. The number of halogens is 5. The van der Waals surface area contributed by atoms with Gasteiger partial charge in [-0.05, 0) is 36.6 Å². The molecule has 28 heavy (non-hydrogen) atoms. The van der Waals surface area contributed by atoms with Crippen LogP contribution in [0.2, 0.25) is 0 Å². The van der Waals surface area contributed by atoms with E-state index in [2.05, 4.69) is 9.72 Å². The van der Waals surface area contributed by atoms with Gasteiger partial charge in [0.15, 0.2) is 6.61 Å². The molecule has 0 bridgehead atoms. The first-order valence-electron chi connectivity index (χ1n) is 8.23. The Morgan fingerprint density at radius 2 is 2.04 bits per heavy atom. The summed E-state index contributed by atoms with van der Waals surface area (Å²) < 4.78 is 54.6. The molecule has 1 aliphatic heterocycles. The van der Waals surface area contributed by atoms with Crippen molar-refractivity contribution in [1.29, 1.82) is 0 Å². The van der Waals surface area contributed by atoms with Crippen LogP contribution in [0.5, 0.6) is 5.88 Å². The number of amides is 1. The maximum absolute atomic E-state index is 12.9. The van der Waals surface area contributed by atoms with Crippen LogP contribution >= 0.6 is 12.4 Å². The number of rotatable bonds is 5. The van der Waals surface area contributed by atoms with Gasteiger partial charge in [-0.15, -0.1) is 12.4 Å². The molecule has 1 aromatic carbocycles. The molecule has 1 amide bonds. The van der Waals surface area contributed by atoms with E-state index in [0.29, 0.717) is 12.2 Å². The smallest absolute Gasteiger partial charge is 0.340 e. The minimum Gasteiger partial charge on any atom is -0.471 e. The summed E-state index contributed by atoms with van der Waals surface area (Å²) >= 11 is 0. The zero-order valence-corrected chi connectivity index (χ0v) is 15.4. The molecule has 5 nitrogen and oxygen atoms in total. The number of carbonyl (C=O) groups excluding carboxylic acids is 1. The number of nitrogen functional groups attached to an aromatic ring is 1. The highest BCUT2D eigenvalue weighted by Crippen LogP contribution is 2.32. The second kappa shape index (κ2) is 8.64. The molecule has 2 aromatic rings. The topological polar surface area (TPSA) is 68.5 Å². The van der Waals surface area contributed by atoms with E-state index in [1.807, 2.05) is 0 Å². The Morgan fingerprint density at radius 3 is 2.68 bits per heavy atom. The second-order valence-electron chi connectivity index (χ2n) is 6.14. The molecule has 0 saturated carbocycles. The van der Waals surface area contributed by atoms with E-state index in [4.69, 9.17) is 5.73 Å². The average molecular weight is 420 g/mol. The van der Waals surface area contributed by atoms with Gasteiger partial charge in [-0.2, -0.15) is 8.78 Å². The summed E-state index contributed by atoms with van der Waals surface area (Å²) in [5.41, 5.74) is 8.44. The minimum absolute atomic E-state index is 0. The standard InChI is InChI=1S/C18H17F4N3O2.ClH/c19-17(20)18(21,22)10-27-15-7-6-11(9-24-15)16(26)25-8-2-3-12-13(23)4-1-5-14(12)25;/h1,4-7,9,17H,2-3,8,10,23H2;1H. The van der Waals surface area contributed by atoms with Gasteiger partial charge in [0.1, 0.15) is 0 Å². The summed E-state index contributed by atoms with van der Waals surface area (Å²) in [5.74, 6) is -4.86. The Hall–Kier alpha value is -2.55. The van der Waals surface area contributed by atoms with Crippen LogP contribution in [0.3, 0.4) is 0 Å². The third kappa shape index (κ3) is 4.46. The molecule has 152 valence electrons. The number of nitrogens with two attached hydrogens (primary N) is 1. The van der Waals surface area contributed by atoms with E-state index in [-0.39, 0.29) is 29.8 Å². The fourth-order valence-electron chi connectivity index (χ4n) is 2.84. The molecule has 0 unspecified atom stereocenters. The summed E-state index contributed by atoms with van der Waals surface area (Å²) in [6.45, 7) is -0.988. The van der Waals surface area contributed by atoms with Gasteiger partial charge >= 0.3 is 12.3 Å². The Balaban J connectivity index is 0.00000280. The quantitative estimate of drug-likeness (QED) is 0.588. The fourth-order valence-corrected chi connectivity index (χ4v) is 2.84. The Kier molecular flexibility index (Phi) is 6.71. The molecule has 0 aliphatic carbocycles. The molecular formula is C18H18ClF4N3O2. The number of hydrogen-bond donors (Lipinski definition) is 1. The molecule has 0 spiro atoms. The number of aromatic nitrogens is 1. The molecule has 2 N–H and O–H groups in total. The first kappa shape index (κ1) is 21.7. The number of carbonyl (C=O) groups is 1. The van der Waals surface area contributed by atoms with E-state index in [9.17, 15) is 22.4 Å². The largest absolute Gasteiger partial charge is 0.471 e. The van der Waals surface area contributed by atoms with Crippen molar-refractivity contribution < 1.29 is 27.1 Å². The van der Waals surface area contributed by atoms with Gasteiger partial charge in [0.2, 0.25) is 5.88 Å². The van der Waals surface area contributed by atoms with Gasteiger partial charge in [-0.1, -0.05) is 6.07 Å². The van der Waals surface area contributed by atoms with E-state index >= 15 is 0 Å². The average Bonchev–Trinajstić information content (AvgIpc) is 2.66. The molecular weight excluding hydrogens is 402 g/mol. The molecule has 0 radical (unpaired) electrons. The molecule has 3 rings (SSSR count). The van der Waals surface area contributed by atoms with Crippen LogP contribution < -0.4 is 15.4 Å². The Labute approximate surface area is 164 Å². The van der Waals surface area contributed by atoms with Crippen LogP contribution in [0.25, 0.3) is 0 Å². The van der Waals surface area contributed by atoms with E-state index in [1.54, 1.807) is 23.1 Å². The predicted octanol–water partition coefficient (Wildman–Crippen LogP) is 3.96. The maximum atomic E-state index is 12.9. The molecule has 10 heteroatoms. The van der Waals surface area contributed by atoms with E-state index in [1.165, 1.54) is 18.3 Å². The molecule has 0 atom stereocenters. The van der Waals surface area contributed by atoms with Crippen LogP contribution in [-0.2, 0) is 6.42 Å². The predicted molar refractivity (Wildman–Crippen MR) is 98.8 cm³/mol. The van der Waals surface area contributed by atoms with Gasteiger partial charge in [0.05, 0.1) is 5.56 Å². The molecule has 0 saturated heterocycles.